The van der Waals surface area contributed by atoms with Crippen LogP contribution in [0.5, 0.6) is 0 Å². The van der Waals surface area contributed by atoms with Gasteiger partial charge in [0.1, 0.15) is 0 Å². The van der Waals surface area contributed by atoms with Crippen molar-refractivity contribution in [3.8, 4) is 0 Å². The summed E-state index contributed by atoms with van der Waals surface area (Å²) < 4.78 is 11.2. The number of nitrogens with zero attached hydrogens (tertiary/aromatic N) is 1. The molecule has 1 N–H and O–H groups in total. The molecule has 0 aromatic heterocycles. The molecule has 0 radical (unpaired) electrons. The van der Waals surface area contributed by atoms with Gasteiger partial charge in [0.2, 0.25) is 0 Å². The lowest BCUT2D eigenvalue weighted by Gasteiger charge is -2.10. The molecule has 5 heteroatoms. The molecule has 3 unspecified atom stereocenters. The standard InChI is InChI=1S/C14H20N2OS2/c1-11(19(2)17)8-9-15-14-16-13(10-18-14)12-6-4-3-5-7-12/h3-7,11,13H,8-10H2,1-2H3,(H,15,16). The van der Waals surface area contributed by atoms with Gasteiger partial charge in [0.15, 0.2) is 5.17 Å². The third kappa shape index (κ3) is 4.35. The van der Waals surface area contributed by atoms with E-state index in [1.54, 1.807) is 18.0 Å². The van der Waals surface area contributed by atoms with Crippen LogP contribution in [0.4, 0.5) is 0 Å². The SMILES string of the molecule is CC(CCN=C1NC(c2ccccc2)CS1)S(C)=O. The minimum atomic E-state index is -0.746. The van der Waals surface area contributed by atoms with E-state index in [9.17, 15) is 4.21 Å². The Balaban J connectivity index is 1.83. The lowest BCUT2D eigenvalue weighted by Crippen LogP contribution is -2.20. The highest BCUT2D eigenvalue weighted by Gasteiger charge is 2.21. The number of nitrogens with one attached hydrogen (secondary N) is 1. The van der Waals surface area contributed by atoms with Crippen molar-refractivity contribution in [3.63, 3.8) is 0 Å². The maximum absolute atomic E-state index is 11.2. The van der Waals surface area contributed by atoms with Gasteiger partial charge in [0.25, 0.3) is 0 Å². The van der Waals surface area contributed by atoms with Crippen molar-refractivity contribution < 1.29 is 4.21 Å². The fraction of sp³-hybridized carbons (Fsp3) is 0.500. The van der Waals surface area contributed by atoms with E-state index in [-0.39, 0.29) is 5.25 Å². The van der Waals surface area contributed by atoms with Crippen LogP contribution >= 0.6 is 11.8 Å². The van der Waals surface area contributed by atoms with Crippen molar-refractivity contribution in [2.75, 3.05) is 18.6 Å². The van der Waals surface area contributed by atoms with E-state index in [0.717, 1.165) is 23.9 Å². The Morgan fingerprint density at radius 2 is 2.21 bits per heavy atom. The lowest BCUT2D eigenvalue weighted by atomic mass is 10.1. The van der Waals surface area contributed by atoms with Gasteiger partial charge in [-0.3, -0.25) is 9.20 Å². The zero-order chi connectivity index (χ0) is 13.7. The van der Waals surface area contributed by atoms with Crippen molar-refractivity contribution in [3.05, 3.63) is 35.9 Å². The predicted octanol–water partition coefficient (Wildman–Crippen LogP) is 2.58. The average Bonchev–Trinajstić information content (AvgIpc) is 2.88. The number of rotatable bonds is 5. The molecule has 0 aliphatic carbocycles. The fourth-order valence-corrected chi connectivity index (χ4v) is 3.31. The van der Waals surface area contributed by atoms with Crippen LogP contribution in [-0.4, -0.2) is 33.2 Å². The molecule has 1 aromatic carbocycles. The predicted molar refractivity (Wildman–Crippen MR) is 85.2 cm³/mol. The summed E-state index contributed by atoms with van der Waals surface area (Å²) in [5.74, 6) is 1.03. The molecule has 0 amide bonds. The normalized spacial score (nSPS) is 24.1. The Morgan fingerprint density at radius 1 is 1.47 bits per heavy atom. The Kier molecular flexibility index (Phi) is 5.45. The van der Waals surface area contributed by atoms with Crippen LogP contribution < -0.4 is 5.32 Å². The van der Waals surface area contributed by atoms with E-state index in [2.05, 4.69) is 34.6 Å². The van der Waals surface area contributed by atoms with Gasteiger partial charge in [0, 0.05) is 34.6 Å². The first kappa shape index (κ1) is 14.6. The van der Waals surface area contributed by atoms with E-state index in [0.29, 0.717) is 6.04 Å². The summed E-state index contributed by atoms with van der Waals surface area (Å²) in [4.78, 5) is 4.56. The second kappa shape index (κ2) is 7.10. The number of benzene rings is 1. The number of thioether (sulfide) groups is 1. The molecule has 0 saturated carbocycles. The first-order valence-electron chi connectivity index (χ1n) is 6.48. The molecule has 104 valence electrons. The molecule has 1 aliphatic heterocycles. The van der Waals surface area contributed by atoms with Crippen LogP contribution in [0.3, 0.4) is 0 Å². The fourth-order valence-electron chi connectivity index (χ4n) is 1.86. The summed E-state index contributed by atoms with van der Waals surface area (Å²) in [5, 5.41) is 4.69. The second-order valence-electron chi connectivity index (χ2n) is 4.70. The van der Waals surface area contributed by atoms with Gasteiger partial charge in [-0.2, -0.15) is 0 Å². The summed E-state index contributed by atoms with van der Waals surface area (Å²) in [6.07, 6.45) is 2.64. The van der Waals surface area contributed by atoms with Gasteiger partial charge in [-0.25, -0.2) is 0 Å². The molecule has 3 atom stereocenters. The minimum Gasteiger partial charge on any atom is -0.357 e. The number of aliphatic imine (C=N–C) groups is 1. The molecule has 3 nitrogen and oxygen atoms in total. The van der Waals surface area contributed by atoms with Gasteiger partial charge in [-0.05, 0) is 12.0 Å². The van der Waals surface area contributed by atoms with Gasteiger partial charge < -0.3 is 5.32 Å². The third-order valence-corrected chi connectivity index (χ3v) is 5.63. The van der Waals surface area contributed by atoms with E-state index in [1.807, 2.05) is 13.0 Å². The molecule has 2 rings (SSSR count). The molecule has 1 fully saturated rings. The highest BCUT2D eigenvalue weighted by molar-refractivity contribution is 8.14. The van der Waals surface area contributed by atoms with Crippen LogP contribution in [-0.2, 0) is 10.8 Å². The Bertz CT molecular complexity index is 462. The Labute approximate surface area is 121 Å². The minimum absolute atomic E-state index is 0.223. The van der Waals surface area contributed by atoms with E-state index >= 15 is 0 Å². The van der Waals surface area contributed by atoms with Crippen molar-refractivity contribution in [1.82, 2.24) is 5.32 Å². The van der Waals surface area contributed by atoms with Gasteiger partial charge in [-0.15, -0.1) is 0 Å². The van der Waals surface area contributed by atoms with Crippen molar-refractivity contribution >= 4 is 27.7 Å². The maximum atomic E-state index is 11.2. The van der Waals surface area contributed by atoms with Gasteiger partial charge in [0.05, 0.1) is 6.04 Å². The van der Waals surface area contributed by atoms with E-state index in [1.165, 1.54) is 5.56 Å². The number of amidine groups is 1. The molecular weight excluding hydrogens is 276 g/mol. The monoisotopic (exact) mass is 296 g/mol. The first-order chi connectivity index (χ1) is 9.16. The topological polar surface area (TPSA) is 41.5 Å². The summed E-state index contributed by atoms with van der Waals surface area (Å²) in [5.41, 5.74) is 1.31. The van der Waals surface area contributed by atoms with Gasteiger partial charge in [-0.1, -0.05) is 49.0 Å². The van der Waals surface area contributed by atoms with Crippen LogP contribution in [0.1, 0.15) is 24.9 Å². The largest absolute Gasteiger partial charge is 0.357 e. The molecule has 1 saturated heterocycles. The highest BCUT2D eigenvalue weighted by atomic mass is 32.2. The number of hydrogen-bond acceptors (Lipinski definition) is 3. The zero-order valence-corrected chi connectivity index (χ0v) is 13.0. The number of hydrogen-bond donors (Lipinski definition) is 1. The lowest BCUT2D eigenvalue weighted by molar-refractivity contribution is 0.670. The summed E-state index contributed by atoms with van der Waals surface area (Å²) in [7, 11) is -0.746. The quantitative estimate of drug-likeness (QED) is 0.908. The molecule has 1 aromatic rings. The van der Waals surface area contributed by atoms with E-state index < -0.39 is 10.8 Å². The Morgan fingerprint density at radius 3 is 2.89 bits per heavy atom. The van der Waals surface area contributed by atoms with Crippen LogP contribution in [0.2, 0.25) is 0 Å². The molecule has 0 bridgehead atoms. The zero-order valence-electron chi connectivity index (χ0n) is 11.3. The molecule has 19 heavy (non-hydrogen) atoms. The van der Waals surface area contributed by atoms with Gasteiger partial charge >= 0.3 is 0 Å². The second-order valence-corrected chi connectivity index (χ2v) is 7.51. The van der Waals surface area contributed by atoms with Crippen molar-refractivity contribution in [2.45, 2.75) is 24.6 Å². The molecular formula is C14H20N2OS2. The van der Waals surface area contributed by atoms with Crippen molar-refractivity contribution in [1.29, 1.82) is 0 Å². The summed E-state index contributed by atoms with van der Waals surface area (Å²) >= 11 is 1.77. The molecule has 0 spiro atoms. The van der Waals surface area contributed by atoms with Crippen LogP contribution in [0.15, 0.2) is 35.3 Å². The molecule has 1 aliphatic rings. The van der Waals surface area contributed by atoms with Crippen molar-refractivity contribution in [2.24, 2.45) is 4.99 Å². The Hall–Kier alpha value is -0.810. The van der Waals surface area contributed by atoms with E-state index in [4.69, 9.17) is 0 Å². The van der Waals surface area contributed by atoms with Crippen LogP contribution in [0.25, 0.3) is 0 Å². The summed E-state index contributed by atoms with van der Waals surface area (Å²) in [6, 6.07) is 10.8. The van der Waals surface area contributed by atoms with Crippen LogP contribution in [0, 0.1) is 0 Å². The maximum Gasteiger partial charge on any atom is 0.157 e. The highest BCUT2D eigenvalue weighted by Crippen LogP contribution is 2.25. The smallest absolute Gasteiger partial charge is 0.157 e. The third-order valence-electron chi connectivity index (χ3n) is 3.24. The molecule has 1 heterocycles. The average molecular weight is 296 g/mol. The first-order valence-corrected chi connectivity index (χ1v) is 9.08. The summed E-state index contributed by atoms with van der Waals surface area (Å²) in [6.45, 7) is 2.76.